The predicted molar refractivity (Wildman–Crippen MR) is 88.0 cm³/mol. The Morgan fingerprint density at radius 1 is 0.800 bits per heavy atom. The molecule has 0 atom stereocenters. The van der Waals surface area contributed by atoms with Crippen LogP contribution >= 0.6 is 0 Å². The highest BCUT2D eigenvalue weighted by Crippen LogP contribution is 2.10. The molecule has 0 saturated carbocycles. The van der Waals surface area contributed by atoms with Crippen LogP contribution in [0.3, 0.4) is 0 Å². The fourth-order valence-corrected chi connectivity index (χ4v) is 2.44. The summed E-state index contributed by atoms with van der Waals surface area (Å²) >= 11 is 0. The van der Waals surface area contributed by atoms with Crippen molar-refractivity contribution in [1.29, 1.82) is 0 Å². The molecule has 0 amide bonds. The number of azide groups is 1. The van der Waals surface area contributed by atoms with E-state index in [1.165, 1.54) is 70.8 Å². The van der Waals surface area contributed by atoms with Crippen LogP contribution in [-0.4, -0.2) is 31.6 Å². The lowest BCUT2D eigenvalue weighted by atomic mass is 10.1. The Hall–Kier alpha value is -0.730. The fourth-order valence-electron chi connectivity index (χ4n) is 2.44. The molecule has 0 radical (unpaired) electrons. The standard InChI is InChI=1S/C16H34N4/c1-3-4-5-6-7-8-9-10-11-12-15-20(2)16-13-14-18-19-17/h3-16H2,1-2H3. The monoisotopic (exact) mass is 282 g/mol. The third-order valence-corrected chi connectivity index (χ3v) is 3.75. The van der Waals surface area contributed by atoms with Crippen molar-refractivity contribution >= 4 is 0 Å². The highest BCUT2D eigenvalue weighted by atomic mass is 15.1. The van der Waals surface area contributed by atoms with Crippen molar-refractivity contribution in [2.24, 2.45) is 5.11 Å². The van der Waals surface area contributed by atoms with Gasteiger partial charge in [-0.15, -0.1) is 0 Å². The van der Waals surface area contributed by atoms with Gasteiger partial charge in [0.15, 0.2) is 0 Å². The summed E-state index contributed by atoms with van der Waals surface area (Å²) in [4.78, 5) is 5.11. The van der Waals surface area contributed by atoms with Gasteiger partial charge in [-0.2, -0.15) is 0 Å². The summed E-state index contributed by atoms with van der Waals surface area (Å²) in [5, 5.41) is 3.55. The Morgan fingerprint density at radius 3 is 1.85 bits per heavy atom. The Bertz CT molecular complexity index is 237. The van der Waals surface area contributed by atoms with E-state index in [-0.39, 0.29) is 0 Å². The van der Waals surface area contributed by atoms with E-state index in [9.17, 15) is 0 Å². The van der Waals surface area contributed by atoms with Gasteiger partial charge in [0.1, 0.15) is 0 Å². The molecule has 20 heavy (non-hydrogen) atoms. The minimum Gasteiger partial charge on any atom is -0.306 e. The number of nitrogens with zero attached hydrogens (tertiary/aromatic N) is 4. The van der Waals surface area contributed by atoms with E-state index in [0.29, 0.717) is 6.54 Å². The molecule has 118 valence electrons. The van der Waals surface area contributed by atoms with Crippen LogP contribution in [0.4, 0.5) is 0 Å². The third-order valence-electron chi connectivity index (χ3n) is 3.75. The zero-order valence-corrected chi connectivity index (χ0v) is 13.7. The average Bonchev–Trinajstić information content (AvgIpc) is 2.45. The number of unbranched alkanes of at least 4 members (excludes halogenated alkanes) is 9. The summed E-state index contributed by atoms with van der Waals surface area (Å²) in [6, 6.07) is 0. The zero-order valence-electron chi connectivity index (χ0n) is 13.7. The third kappa shape index (κ3) is 15.3. The number of hydrogen-bond acceptors (Lipinski definition) is 2. The molecule has 0 rings (SSSR count). The zero-order chi connectivity index (χ0) is 14.9. The predicted octanol–water partition coefficient (Wildman–Crippen LogP) is 5.54. The second kappa shape index (κ2) is 16.3. The topological polar surface area (TPSA) is 52.0 Å². The molecule has 0 aliphatic rings. The Balaban J connectivity index is 3.13. The van der Waals surface area contributed by atoms with Gasteiger partial charge in [-0.05, 0) is 38.5 Å². The molecular formula is C16H34N4. The minimum atomic E-state index is 0.624. The van der Waals surface area contributed by atoms with Gasteiger partial charge >= 0.3 is 0 Å². The molecule has 0 aliphatic carbocycles. The summed E-state index contributed by atoms with van der Waals surface area (Å²) in [6.07, 6.45) is 14.9. The highest BCUT2D eigenvalue weighted by Gasteiger charge is 1.98. The molecule has 0 bridgehead atoms. The first-order chi connectivity index (χ1) is 9.81. The lowest BCUT2D eigenvalue weighted by molar-refractivity contribution is 0.321. The van der Waals surface area contributed by atoms with Crippen molar-refractivity contribution in [3.8, 4) is 0 Å². The van der Waals surface area contributed by atoms with E-state index in [1.54, 1.807) is 0 Å². The fraction of sp³-hybridized carbons (Fsp3) is 1.00. The first-order valence-electron chi connectivity index (χ1n) is 8.50. The maximum Gasteiger partial charge on any atom is 0.0270 e. The normalized spacial score (nSPS) is 10.8. The van der Waals surface area contributed by atoms with Gasteiger partial charge in [-0.1, -0.05) is 69.8 Å². The van der Waals surface area contributed by atoms with Crippen LogP contribution in [0.25, 0.3) is 10.4 Å². The Kier molecular flexibility index (Phi) is 15.7. The molecule has 0 heterocycles. The molecule has 0 spiro atoms. The molecule has 4 heteroatoms. The summed E-state index contributed by atoms with van der Waals surface area (Å²) in [5.41, 5.74) is 8.18. The van der Waals surface area contributed by atoms with Crippen LogP contribution in [0.15, 0.2) is 5.11 Å². The smallest absolute Gasteiger partial charge is 0.0270 e. The second-order valence-electron chi connectivity index (χ2n) is 5.79. The summed E-state index contributed by atoms with van der Waals surface area (Å²) in [7, 11) is 2.16. The Labute approximate surface area is 125 Å². The number of hydrogen-bond donors (Lipinski definition) is 0. The van der Waals surface area contributed by atoms with Gasteiger partial charge in [0.25, 0.3) is 0 Å². The summed E-state index contributed by atoms with van der Waals surface area (Å²) in [5.74, 6) is 0. The van der Waals surface area contributed by atoms with Crippen molar-refractivity contribution in [3.05, 3.63) is 10.4 Å². The molecule has 0 unspecified atom stereocenters. The van der Waals surface area contributed by atoms with Gasteiger partial charge in [0.05, 0.1) is 0 Å². The van der Waals surface area contributed by atoms with E-state index in [0.717, 1.165) is 13.0 Å². The lowest BCUT2D eigenvalue weighted by Crippen LogP contribution is -2.21. The van der Waals surface area contributed by atoms with Crippen LogP contribution in [0, 0.1) is 0 Å². The molecule has 4 nitrogen and oxygen atoms in total. The van der Waals surface area contributed by atoms with Crippen LogP contribution in [0.2, 0.25) is 0 Å². The van der Waals surface area contributed by atoms with E-state index in [1.807, 2.05) is 0 Å². The summed E-state index contributed by atoms with van der Waals surface area (Å²) < 4.78 is 0. The van der Waals surface area contributed by atoms with Gasteiger partial charge in [0.2, 0.25) is 0 Å². The van der Waals surface area contributed by atoms with Gasteiger partial charge in [0, 0.05) is 11.5 Å². The van der Waals surface area contributed by atoms with Crippen molar-refractivity contribution in [1.82, 2.24) is 4.90 Å². The molecule has 0 N–H and O–H groups in total. The summed E-state index contributed by atoms with van der Waals surface area (Å²) in [6.45, 7) is 5.11. The quantitative estimate of drug-likeness (QED) is 0.168. The van der Waals surface area contributed by atoms with Crippen molar-refractivity contribution in [3.63, 3.8) is 0 Å². The minimum absolute atomic E-state index is 0.624. The first kappa shape index (κ1) is 19.3. The molecule has 0 aromatic carbocycles. The molecule has 0 aliphatic heterocycles. The lowest BCUT2D eigenvalue weighted by Gasteiger charge is -2.15. The van der Waals surface area contributed by atoms with E-state index >= 15 is 0 Å². The van der Waals surface area contributed by atoms with Gasteiger partial charge < -0.3 is 4.90 Å². The van der Waals surface area contributed by atoms with Crippen molar-refractivity contribution in [2.75, 3.05) is 26.7 Å². The van der Waals surface area contributed by atoms with Gasteiger partial charge in [-0.25, -0.2) is 0 Å². The van der Waals surface area contributed by atoms with E-state index < -0.39 is 0 Å². The van der Waals surface area contributed by atoms with E-state index in [2.05, 4.69) is 28.9 Å². The number of rotatable bonds is 15. The largest absolute Gasteiger partial charge is 0.306 e. The SMILES string of the molecule is CCCCCCCCCCCCN(C)CCCN=[N+]=[N-]. The van der Waals surface area contributed by atoms with E-state index in [4.69, 9.17) is 5.53 Å². The molecule has 0 fully saturated rings. The molecule has 0 saturated heterocycles. The van der Waals surface area contributed by atoms with Crippen LogP contribution in [-0.2, 0) is 0 Å². The molecule has 0 aromatic rings. The molecular weight excluding hydrogens is 248 g/mol. The molecule has 0 aromatic heterocycles. The Morgan fingerprint density at radius 2 is 1.30 bits per heavy atom. The highest BCUT2D eigenvalue weighted by molar-refractivity contribution is 4.55. The van der Waals surface area contributed by atoms with Crippen LogP contribution < -0.4 is 0 Å². The van der Waals surface area contributed by atoms with Crippen LogP contribution in [0.5, 0.6) is 0 Å². The van der Waals surface area contributed by atoms with Crippen molar-refractivity contribution in [2.45, 2.75) is 77.6 Å². The van der Waals surface area contributed by atoms with Gasteiger partial charge in [-0.3, -0.25) is 0 Å². The first-order valence-corrected chi connectivity index (χ1v) is 8.50. The van der Waals surface area contributed by atoms with Crippen LogP contribution in [0.1, 0.15) is 77.6 Å². The maximum atomic E-state index is 8.18. The average molecular weight is 282 g/mol. The maximum absolute atomic E-state index is 8.18. The second-order valence-corrected chi connectivity index (χ2v) is 5.79. The van der Waals surface area contributed by atoms with Crippen molar-refractivity contribution < 1.29 is 0 Å².